The summed E-state index contributed by atoms with van der Waals surface area (Å²) >= 11 is 2.11. The molecule has 740 valence electrons. The second kappa shape index (κ2) is 50.7. The summed E-state index contributed by atoms with van der Waals surface area (Å²) < 4.78 is 0.789. The molecule has 4 saturated heterocycles. The van der Waals surface area contributed by atoms with Gasteiger partial charge in [-0.25, -0.2) is 4.98 Å². The van der Waals surface area contributed by atoms with Crippen molar-refractivity contribution in [3.8, 4) is 5.75 Å². The molecule has 41 nitrogen and oxygen atoms in total. The number of phenols is 1. The van der Waals surface area contributed by atoms with Crippen LogP contribution in [-0.2, 0) is 117 Å². The van der Waals surface area contributed by atoms with Gasteiger partial charge in [0.2, 0.25) is 82.7 Å². The van der Waals surface area contributed by atoms with E-state index < -0.39 is 291 Å². The number of imidazole rings is 1. The molecule has 15 atom stereocenters. The zero-order valence-corrected chi connectivity index (χ0v) is 78.6. The third-order valence-corrected chi connectivity index (χ3v) is 27.6. The van der Waals surface area contributed by atoms with Crippen molar-refractivity contribution in [3.05, 3.63) is 119 Å². The lowest BCUT2D eigenvalue weighted by molar-refractivity contribution is -0.150. The largest absolute Gasteiger partial charge is 0.508 e. The van der Waals surface area contributed by atoms with Gasteiger partial charge >= 0.3 is 11.9 Å². The van der Waals surface area contributed by atoms with E-state index in [0.29, 0.717) is 65.1 Å². The van der Waals surface area contributed by atoms with Gasteiger partial charge in [-0.1, -0.05) is 88.1 Å². The second-order valence-corrected chi connectivity index (χ2v) is 37.4. The Morgan fingerprint density at radius 2 is 1.15 bits per heavy atom. The highest BCUT2D eigenvalue weighted by molar-refractivity contribution is 7.99. The molecule has 137 heavy (non-hydrogen) atoms. The van der Waals surface area contributed by atoms with Crippen LogP contribution in [0.1, 0.15) is 165 Å². The first-order chi connectivity index (χ1) is 65.4. The van der Waals surface area contributed by atoms with Crippen LogP contribution in [0.15, 0.2) is 96.9 Å². The lowest BCUT2D eigenvalue weighted by Crippen LogP contribution is -2.61. The number of primary amides is 2. The minimum atomic E-state index is -1.92. The molecule has 18 N–H and O–H groups in total. The number of thioether (sulfide) groups is 1. The van der Waals surface area contributed by atoms with Crippen molar-refractivity contribution in [1.82, 2.24) is 76.7 Å². The maximum Gasteiger partial charge on any atom is 0.304 e. The maximum atomic E-state index is 15.7. The van der Waals surface area contributed by atoms with Crippen molar-refractivity contribution < 1.29 is 117 Å². The molecule has 0 bridgehead atoms. The molecule has 14 amide bonds. The number of nitrogens with two attached hydrogens (primary N) is 2. The highest BCUT2D eigenvalue weighted by atomic mass is 32.2. The molecule has 7 heterocycles. The number of ketones is 3. The SMILES string of the molecule is CCCC[C@H]1C(=O)N(C)[C@@H](CCCC)C(=O)N[C@@H](CCC(=O)O)C(=O)C[C@H](C(=O)NCC(N)=O)CSCC(=O)N[C@@H](Cc2ccc(O)cc2)C(=O)N2CCCC[C@H]2C(=O)C[C@@H](CC(=O)O)C(=O)N2CCC[C@H]2C(=O)N[C@@H](Cc2cnc[nH]2)C(=O)C[C@@H](CCC(N)=O)C(=O)N2C[C@H](O)C[C@H]2C(=O)N[C@@H](Cc2c[nH]c3ccccc23)C(=O)N[C@@H](CO)C(=O)N[C@@H](Cc2csc3ccccc23)C(=O)N1C. The van der Waals surface area contributed by atoms with Crippen LogP contribution in [0.2, 0.25) is 0 Å². The number of aromatic nitrogens is 3. The fraction of sp³-hybridized carbons (Fsp3) is 0.532. The topological polar surface area (TPSA) is 622 Å². The van der Waals surface area contributed by atoms with Crippen LogP contribution in [0.3, 0.4) is 0 Å². The number of benzene rings is 3. The van der Waals surface area contributed by atoms with Gasteiger partial charge in [-0.3, -0.25) is 91.1 Å². The first-order valence-electron chi connectivity index (χ1n) is 46.2. The van der Waals surface area contributed by atoms with Crippen molar-refractivity contribution >= 4 is 156 Å². The molecular formula is C94H123N17O24S2. The number of H-pyrrole nitrogens is 2. The maximum absolute atomic E-state index is 15.7. The monoisotopic (exact) mass is 1940 g/mol. The van der Waals surface area contributed by atoms with Crippen molar-refractivity contribution in [3.63, 3.8) is 0 Å². The van der Waals surface area contributed by atoms with E-state index in [4.69, 9.17) is 11.5 Å². The quantitative estimate of drug-likeness (QED) is 0.0361. The zero-order valence-electron chi connectivity index (χ0n) is 77.0. The Balaban J connectivity index is 1.03. The molecule has 10 rings (SSSR count). The average Bonchev–Trinajstić information content (AvgIpc) is 1.68. The Labute approximate surface area is 798 Å². The van der Waals surface area contributed by atoms with Crippen LogP contribution in [0.25, 0.3) is 21.0 Å². The molecule has 0 unspecified atom stereocenters. The molecule has 43 heteroatoms. The number of carboxylic acids is 2. The van der Waals surface area contributed by atoms with Crippen molar-refractivity contribution in [2.24, 2.45) is 29.2 Å². The lowest BCUT2D eigenvalue weighted by atomic mass is 9.89. The summed E-state index contributed by atoms with van der Waals surface area (Å²) in [4.78, 5) is 292. The van der Waals surface area contributed by atoms with Gasteiger partial charge in [-0.2, -0.15) is 11.8 Å². The fourth-order valence-electron chi connectivity index (χ4n) is 18.1. The number of piperidine rings is 1. The number of Topliss-reactive ketones (excluding diaryl/α,β-unsaturated/α-hetero) is 3. The molecule has 0 saturated carbocycles. The number of carbonyl (C=O) groups excluding carboxylic acids is 17. The molecular weight excluding hydrogens is 1820 g/mol. The summed E-state index contributed by atoms with van der Waals surface area (Å²) in [6.07, 6.45) is -2.13. The number of carbonyl (C=O) groups is 19. The van der Waals surface area contributed by atoms with E-state index in [2.05, 4.69) is 52.2 Å². The minimum absolute atomic E-state index is 0.00860. The number of carboxylic acid groups (broad SMARTS) is 2. The molecule has 3 aromatic heterocycles. The van der Waals surface area contributed by atoms with Gasteiger partial charge in [-0.15, -0.1) is 11.3 Å². The van der Waals surface area contributed by atoms with E-state index in [1.165, 1.54) is 67.1 Å². The van der Waals surface area contributed by atoms with Gasteiger partial charge in [0.25, 0.3) is 0 Å². The third-order valence-electron chi connectivity index (χ3n) is 25.5. The van der Waals surface area contributed by atoms with Gasteiger partial charge in [0.05, 0.1) is 67.7 Å². The van der Waals surface area contributed by atoms with Gasteiger partial charge in [0, 0.05) is 143 Å². The molecule has 4 aliphatic heterocycles. The van der Waals surface area contributed by atoms with Crippen molar-refractivity contribution in [1.29, 1.82) is 0 Å². The summed E-state index contributed by atoms with van der Waals surface area (Å²) in [5.74, 6) is -24.3. The normalized spacial score (nSPS) is 25.2. The number of fused-ring (bicyclic) bond motifs is 5. The summed E-state index contributed by atoms with van der Waals surface area (Å²) in [6.45, 7) is 1.00. The molecule has 0 radical (unpaired) electrons. The highest BCUT2D eigenvalue weighted by Gasteiger charge is 2.48. The van der Waals surface area contributed by atoms with E-state index in [0.717, 1.165) is 36.1 Å². The van der Waals surface area contributed by atoms with Gasteiger partial charge in [0.1, 0.15) is 54.1 Å². The fourth-order valence-corrected chi connectivity index (χ4v) is 20.0. The number of aromatic amines is 2. The number of aliphatic hydroxyl groups is 2. The zero-order chi connectivity index (χ0) is 99.4. The number of phenolic OH excluding ortho intramolecular Hbond substituents is 1. The predicted molar refractivity (Wildman–Crippen MR) is 499 cm³/mol. The number of aromatic hydroxyl groups is 1. The molecule has 6 aromatic rings. The Kier molecular flexibility index (Phi) is 39.2. The Morgan fingerprint density at radius 3 is 1.83 bits per heavy atom. The summed E-state index contributed by atoms with van der Waals surface area (Å²) in [5, 5.41) is 75.0. The number of unbranched alkanes of at least 4 members (excludes halogenated alkanes) is 2. The number of para-hydroxylation sites is 1. The number of amides is 14. The predicted octanol–water partition coefficient (Wildman–Crippen LogP) is 1.03. The number of nitrogens with zero attached hydrogens (tertiary/aromatic N) is 6. The van der Waals surface area contributed by atoms with Crippen LogP contribution in [0.5, 0.6) is 5.75 Å². The van der Waals surface area contributed by atoms with E-state index in [9.17, 15) is 63.9 Å². The van der Waals surface area contributed by atoms with E-state index in [1.807, 2.05) is 13.0 Å². The van der Waals surface area contributed by atoms with Crippen molar-refractivity contribution in [2.75, 3.05) is 58.4 Å². The number of hydrogen-bond acceptors (Lipinski definition) is 25. The smallest absolute Gasteiger partial charge is 0.304 e. The number of likely N-dealkylation sites (N-methyl/N-ethyl adjacent to an activating group) is 2. The molecule has 4 fully saturated rings. The van der Waals surface area contributed by atoms with E-state index in [1.54, 1.807) is 61.0 Å². The van der Waals surface area contributed by atoms with E-state index >= 15 is 52.7 Å². The number of hydrogen-bond donors (Lipinski definition) is 16. The Morgan fingerprint density at radius 1 is 0.540 bits per heavy atom. The lowest BCUT2D eigenvalue weighted by Gasteiger charge is -2.38. The van der Waals surface area contributed by atoms with Gasteiger partial charge < -0.3 is 109 Å². The molecule has 0 spiro atoms. The minimum Gasteiger partial charge on any atom is -0.508 e. The van der Waals surface area contributed by atoms with Crippen LogP contribution >= 0.6 is 23.1 Å². The summed E-state index contributed by atoms with van der Waals surface area (Å²) in [7, 11) is 2.62. The summed E-state index contributed by atoms with van der Waals surface area (Å²) in [6, 6.07) is 2.50. The van der Waals surface area contributed by atoms with Crippen LogP contribution < -0.4 is 48.7 Å². The number of aliphatic hydroxyl groups excluding tert-OH is 2. The molecule has 0 aliphatic carbocycles. The first kappa shape index (κ1) is 106. The highest BCUT2D eigenvalue weighted by Crippen LogP contribution is 2.33. The molecule has 3 aromatic carbocycles. The number of thiophene rings is 1. The Bertz CT molecular complexity index is 5360. The summed E-state index contributed by atoms with van der Waals surface area (Å²) in [5.41, 5.74) is 13.4. The average molecular weight is 1940 g/mol. The first-order valence-corrected chi connectivity index (χ1v) is 48.2. The van der Waals surface area contributed by atoms with Crippen molar-refractivity contribution in [2.45, 2.75) is 241 Å². The van der Waals surface area contributed by atoms with Crippen LogP contribution in [0, 0.1) is 17.8 Å². The number of aliphatic carboxylic acids is 2. The van der Waals surface area contributed by atoms with Gasteiger partial charge in [0.15, 0.2) is 17.3 Å². The third kappa shape index (κ3) is 29.3. The number of nitrogens with one attached hydrogen (secondary N) is 9. The van der Waals surface area contributed by atoms with E-state index in [-0.39, 0.29) is 88.7 Å². The standard InChI is InChI=1S/C94H123N17O24S2/c1-5-7-19-71-87(128)102-64(29-31-82(121)122)75(115)39-57(84(125)99-45-80(96)119)48-136-50-81(120)101-67(34-52-24-27-59(113)28-25-52)93(134)109-32-14-13-21-70(109)77(117)38-54(40-83(123)124)91(132)110-33-15-22-72(110)88(129)103-65(41-58-44-97-51-100-58)76(116)37-53(26-30-79(95)118)90(131)111-46-60(114)42-74(111)89(130)104-66(35-55-43-98-63-18-11-9-16-61(55)63)85(126)106-69(47-112)86(127)105-68(36-56-49-137-78-23-12-10-17-62(56)78)92(133)108(4)73(20-8-6-2)94(135)107(71)3/h9-12,16-18,23-25,27-28,43-44,49,51,53-54,57,60,64-74,98,112-114H,5-8,13-15,19-22,26,29-42,45-48,50H2,1-4H3,(H2,95,118)(H2,96,119)(H,97,100)(H,99,125)(H,101,120)(H,102,128)(H,103,129)(H,104,130)(H,105,127)(H,106,126)(H,121,122)(H,123,124)/t53-,54+,57+,60-,64+,65+,66+,67+,68+,69+,70+,71+,72+,73+,74+/m1/s1. The number of rotatable bonds is 26. The molecule has 4 aliphatic rings. The second-order valence-electron chi connectivity index (χ2n) is 35.5. The van der Waals surface area contributed by atoms with Crippen LogP contribution in [0.4, 0.5) is 0 Å². The van der Waals surface area contributed by atoms with Crippen LogP contribution in [-0.4, -0.2) is 308 Å². The van der Waals surface area contributed by atoms with Gasteiger partial charge in [-0.05, 0) is 110 Å². The Hall–Kier alpha value is -13.0.